The average Bonchev–Trinajstić information content (AvgIpc) is 2.66. The van der Waals surface area contributed by atoms with Gasteiger partial charge < -0.3 is 15.8 Å². The summed E-state index contributed by atoms with van der Waals surface area (Å²) in [6.45, 7) is 5.42. The standard InChI is InChI=1S/C22H28N2O2.ClH/c1-15(2)16-7-9-18(10-8-16)20(23)14-24-22(25)13-21-19-6-4-3-5-17(19)11-12-26-21;/h3-10,15,20-21H,11-14,23H2,1-2H3,(H,24,25);1H. The highest BCUT2D eigenvalue weighted by Crippen LogP contribution is 2.29. The van der Waals surface area contributed by atoms with Crippen LogP contribution in [0.2, 0.25) is 0 Å². The van der Waals surface area contributed by atoms with Crippen LogP contribution in [0.15, 0.2) is 48.5 Å². The van der Waals surface area contributed by atoms with Crippen molar-refractivity contribution >= 4 is 18.3 Å². The molecule has 1 heterocycles. The molecule has 0 bridgehead atoms. The van der Waals surface area contributed by atoms with Gasteiger partial charge in [0, 0.05) is 12.6 Å². The van der Waals surface area contributed by atoms with Crippen LogP contribution in [0.5, 0.6) is 0 Å². The van der Waals surface area contributed by atoms with E-state index in [1.54, 1.807) is 0 Å². The van der Waals surface area contributed by atoms with Crippen molar-refractivity contribution < 1.29 is 9.53 Å². The van der Waals surface area contributed by atoms with Crippen LogP contribution in [0, 0.1) is 0 Å². The fourth-order valence-corrected chi connectivity index (χ4v) is 3.36. The highest BCUT2D eigenvalue weighted by atomic mass is 35.5. The maximum Gasteiger partial charge on any atom is 0.223 e. The van der Waals surface area contributed by atoms with Gasteiger partial charge >= 0.3 is 0 Å². The van der Waals surface area contributed by atoms with Crippen LogP contribution in [0.1, 0.15) is 60.6 Å². The Labute approximate surface area is 167 Å². The zero-order valence-corrected chi connectivity index (χ0v) is 16.8. The number of hydrogen-bond donors (Lipinski definition) is 2. The SMILES string of the molecule is CC(C)c1ccc(C(N)CNC(=O)CC2OCCc3ccccc32)cc1.Cl. The summed E-state index contributed by atoms with van der Waals surface area (Å²) in [5, 5.41) is 2.95. The molecule has 0 saturated carbocycles. The smallest absolute Gasteiger partial charge is 0.223 e. The predicted molar refractivity (Wildman–Crippen MR) is 111 cm³/mol. The summed E-state index contributed by atoms with van der Waals surface area (Å²) >= 11 is 0. The second-order valence-electron chi connectivity index (χ2n) is 7.24. The lowest BCUT2D eigenvalue weighted by atomic mass is 9.95. The lowest BCUT2D eigenvalue weighted by Gasteiger charge is -2.25. The molecule has 0 aromatic heterocycles. The minimum atomic E-state index is -0.209. The maximum atomic E-state index is 12.4. The van der Waals surface area contributed by atoms with Gasteiger partial charge in [0.05, 0.1) is 19.1 Å². The zero-order chi connectivity index (χ0) is 18.5. The fourth-order valence-electron chi connectivity index (χ4n) is 3.36. The van der Waals surface area contributed by atoms with Gasteiger partial charge in [-0.15, -0.1) is 12.4 Å². The number of rotatable bonds is 6. The third kappa shape index (κ3) is 5.55. The van der Waals surface area contributed by atoms with Gasteiger partial charge in [0.1, 0.15) is 0 Å². The van der Waals surface area contributed by atoms with Crippen molar-refractivity contribution in [2.75, 3.05) is 13.2 Å². The molecule has 146 valence electrons. The molecule has 0 spiro atoms. The van der Waals surface area contributed by atoms with E-state index in [2.05, 4.69) is 43.4 Å². The summed E-state index contributed by atoms with van der Waals surface area (Å²) in [7, 11) is 0. The summed E-state index contributed by atoms with van der Waals surface area (Å²) in [6.07, 6.45) is 1.07. The molecule has 2 aromatic carbocycles. The zero-order valence-electron chi connectivity index (χ0n) is 16.0. The van der Waals surface area contributed by atoms with Gasteiger partial charge in [-0.05, 0) is 34.6 Å². The Bertz CT molecular complexity index is 746. The van der Waals surface area contributed by atoms with Crippen molar-refractivity contribution in [3.8, 4) is 0 Å². The molecule has 0 aliphatic carbocycles. The van der Waals surface area contributed by atoms with E-state index in [1.807, 2.05) is 24.3 Å². The number of nitrogens with two attached hydrogens (primary N) is 1. The van der Waals surface area contributed by atoms with E-state index in [4.69, 9.17) is 10.5 Å². The Hall–Kier alpha value is -1.88. The van der Waals surface area contributed by atoms with Crippen molar-refractivity contribution in [1.82, 2.24) is 5.32 Å². The normalized spacial score (nSPS) is 17.0. The van der Waals surface area contributed by atoms with E-state index in [1.165, 1.54) is 11.1 Å². The lowest BCUT2D eigenvalue weighted by molar-refractivity contribution is -0.124. The molecule has 5 heteroatoms. The first-order chi connectivity index (χ1) is 12.5. The molecule has 2 aromatic rings. The topological polar surface area (TPSA) is 64.3 Å². The number of amides is 1. The Morgan fingerprint density at radius 3 is 2.52 bits per heavy atom. The Morgan fingerprint density at radius 1 is 1.15 bits per heavy atom. The Balaban J connectivity index is 0.00000261. The van der Waals surface area contributed by atoms with Gasteiger partial charge in [-0.3, -0.25) is 4.79 Å². The molecule has 0 saturated heterocycles. The average molecular weight is 389 g/mol. The van der Waals surface area contributed by atoms with Crippen LogP contribution in [0.25, 0.3) is 0 Å². The number of ether oxygens (including phenoxy) is 1. The van der Waals surface area contributed by atoms with E-state index in [0.29, 0.717) is 25.5 Å². The van der Waals surface area contributed by atoms with Gasteiger partial charge in [-0.1, -0.05) is 62.4 Å². The van der Waals surface area contributed by atoms with Gasteiger partial charge in [0.2, 0.25) is 5.91 Å². The number of halogens is 1. The van der Waals surface area contributed by atoms with E-state index in [-0.39, 0.29) is 30.5 Å². The molecule has 4 nitrogen and oxygen atoms in total. The monoisotopic (exact) mass is 388 g/mol. The first-order valence-electron chi connectivity index (χ1n) is 9.36. The fraction of sp³-hybridized carbons (Fsp3) is 0.409. The number of nitrogens with one attached hydrogen (secondary N) is 1. The number of fused-ring (bicyclic) bond motifs is 1. The molecule has 1 aliphatic heterocycles. The Morgan fingerprint density at radius 2 is 1.81 bits per heavy atom. The molecule has 3 rings (SSSR count). The Kier molecular flexibility index (Phi) is 7.84. The van der Waals surface area contributed by atoms with Crippen LogP contribution in [-0.4, -0.2) is 19.1 Å². The summed E-state index contributed by atoms with van der Waals surface area (Å²) in [5.74, 6) is 0.472. The van der Waals surface area contributed by atoms with Gasteiger partial charge in [0.15, 0.2) is 0 Å². The second-order valence-corrected chi connectivity index (χ2v) is 7.24. The molecule has 3 N–H and O–H groups in total. The molecule has 27 heavy (non-hydrogen) atoms. The minimum Gasteiger partial charge on any atom is -0.373 e. The molecular weight excluding hydrogens is 360 g/mol. The van der Waals surface area contributed by atoms with Gasteiger partial charge in [0.25, 0.3) is 0 Å². The second kappa shape index (κ2) is 9.88. The molecule has 2 atom stereocenters. The van der Waals surface area contributed by atoms with Crippen LogP contribution in [0.4, 0.5) is 0 Å². The van der Waals surface area contributed by atoms with Gasteiger partial charge in [-0.25, -0.2) is 0 Å². The van der Waals surface area contributed by atoms with E-state index in [9.17, 15) is 4.79 Å². The first kappa shape index (κ1) is 21.4. The van der Waals surface area contributed by atoms with E-state index >= 15 is 0 Å². The predicted octanol–water partition coefficient (Wildman–Crippen LogP) is 4.05. The quantitative estimate of drug-likeness (QED) is 0.784. The largest absolute Gasteiger partial charge is 0.373 e. The van der Waals surface area contributed by atoms with Crippen LogP contribution in [0.3, 0.4) is 0 Å². The molecule has 0 radical (unpaired) electrons. The number of benzene rings is 2. The highest BCUT2D eigenvalue weighted by molar-refractivity contribution is 5.85. The minimum absolute atomic E-state index is 0. The molecule has 2 unspecified atom stereocenters. The molecule has 1 amide bonds. The third-order valence-corrected chi connectivity index (χ3v) is 5.01. The summed E-state index contributed by atoms with van der Waals surface area (Å²) in [4.78, 5) is 12.4. The number of hydrogen-bond acceptors (Lipinski definition) is 3. The molecular formula is C22H29ClN2O2. The molecule has 0 fully saturated rings. The van der Waals surface area contributed by atoms with Crippen molar-refractivity contribution in [2.45, 2.75) is 44.8 Å². The van der Waals surface area contributed by atoms with Crippen molar-refractivity contribution in [2.24, 2.45) is 5.73 Å². The molecule has 1 aliphatic rings. The maximum absolute atomic E-state index is 12.4. The summed E-state index contributed by atoms with van der Waals surface area (Å²) in [6, 6.07) is 16.3. The van der Waals surface area contributed by atoms with Crippen LogP contribution >= 0.6 is 12.4 Å². The third-order valence-electron chi connectivity index (χ3n) is 5.01. The summed E-state index contributed by atoms with van der Waals surface area (Å²) < 4.78 is 5.81. The number of carbonyl (C=O) groups excluding carboxylic acids is 1. The lowest BCUT2D eigenvalue weighted by Crippen LogP contribution is -2.33. The highest BCUT2D eigenvalue weighted by Gasteiger charge is 2.23. The first-order valence-corrected chi connectivity index (χ1v) is 9.36. The van der Waals surface area contributed by atoms with E-state index < -0.39 is 0 Å². The van der Waals surface area contributed by atoms with Crippen molar-refractivity contribution in [1.29, 1.82) is 0 Å². The van der Waals surface area contributed by atoms with Crippen LogP contribution in [-0.2, 0) is 16.0 Å². The summed E-state index contributed by atoms with van der Waals surface area (Å²) in [5.41, 5.74) is 11.0. The van der Waals surface area contributed by atoms with Crippen molar-refractivity contribution in [3.05, 3.63) is 70.8 Å². The van der Waals surface area contributed by atoms with Crippen molar-refractivity contribution in [3.63, 3.8) is 0 Å². The number of carbonyl (C=O) groups is 1. The van der Waals surface area contributed by atoms with E-state index in [0.717, 1.165) is 17.5 Å². The van der Waals surface area contributed by atoms with Crippen LogP contribution < -0.4 is 11.1 Å². The van der Waals surface area contributed by atoms with Gasteiger partial charge in [-0.2, -0.15) is 0 Å².